The molecule has 24 heavy (non-hydrogen) atoms. The number of aliphatic hydroxyl groups is 1. The number of anilines is 1. The van der Waals surface area contributed by atoms with Crippen LogP contribution in [0.1, 0.15) is 19.9 Å². The third-order valence-electron chi connectivity index (χ3n) is 3.51. The maximum Gasteiger partial charge on any atom is 0.320 e. The van der Waals surface area contributed by atoms with Gasteiger partial charge in [-0.2, -0.15) is 8.78 Å². The predicted octanol–water partition coefficient (Wildman–Crippen LogP) is 3.09. The number of nitrogens with one attached hydrogen (secondary N) is 2. The molecule has 1 heterocycles. The molecule has 6 nitrogen and oxygen atoms in total. The summed E-state index contributed by atoms with van der Waals surface area (Å²) in [7, 11) is 0. The molecule has 130 valence electrons. The van der Waals surface area contributed by atoms with Gasteiger partial charge in [-0.1, -0.05) is 6.92 Å². The van der Waals surface area contributed by atoms with Gasteiger partial charge in [0.25, 0.3) is 0 Å². The highest BCUT2D eigenvalue weighted by Crippen LogP contribution is 2.24. The van der Waals surface area contributed by atoms with Gasteiger partial charge in [-0.25, -0.2) is 9.78 Å². The Hall–Kier alpha value is -2.48. The van der Waals surface area contributed by atoms with Gasteiger partial charge < -0.3 is 15.7 Å². The van der Waals surface area contributed by atoms with E-state index in [2.05, 4.69) is 15.6 Å². The van der Waals surface area contributed by atoms with E-state index in [9.17, 15) is 13.6 Å². The average Bonchev–Trinajstić information content (AvgIpc) is 3.04. The number of halogens is 2. The van der Waals surface area contributed by atoms with E-state index in [1.165, 1.54) is 12.4 Å². The van der Waals surface area contributed by atoms with E-state index < -0.39 is 6.55 Å². The fraction of sp³-hybridized carbons (Fsp3) is 0.375. The van der Waals surface area contributed by atoms with Gasteiger partial charge in [0.2, 0.25) is 0 Å². The second-order valence-electron chi connectivity index (χ2n) is 5.47. The smallest absolute Gasteiger partial charge is 0.320 e. The molecule has 0 aliphatic carbocycles. The van der Waals surface area contributed by atoms with Crippen LogP contribution in [0.4, 0.5) is 19.3 Å². The third kappa shape index (κ3) is 4.76. The van der Waals surface area contributed by atoms with Crippen LogP contribution in [-0.4, -0.2) is 33.8 Å². The van der Waals surface area contributed by atoms with E-state index in [0.29, 0.717) is 24.2 Å². The summed E-state index contributed by atoms with van der Waals surface area (Å²) in [4.78, 5) is 15.7. The van der Waals surface area contributed by atoms with E-state index in [4.69, 9.17) is 5.11 Å². The lowest BCUT2D eigenvalue weighted by molar-refractivity contribution is 0.0720. The number of alkyl halides is 2. The average molecular weight is 338 g/mol. The van der Waals surface area contributed by atoms with Gasteiger partial charge in [0.05, 0.1) is 0 Å². The molecule has 3 N–H and O–H groups in total. The van der Waals surface area contributed by atoms with Crippen molar-refractivity contribution in [3.05, 3.63) is 36.7 Å². The van der Waals surface area contributed by atoms with Crippen molar-refractivity contribution in [2.24, 2.45) is 5.92 Å². The molecular formula is C16H20F2N4O2. The highest BCUT2D eigenvalue weighted by molar-refractivity contribution is 5.89. The van der Waals surface area contributed by atoms with Gasteiger partial charge >= 0.3 is 12.6 Å². The van der Waals surface area contributed by atoms with Crippen molar-refractivity contribution in [2.75, 3.05) is 18.5 Å². The number of benzene rings is 1. The highest BCUT2D eigenvalue weighted by Gasteiger charge is 2.13. The molecule has 0 spiro atoms. The first-order valence-corrected chi connectivity index (χ1v) is 7.58. The van der Waals surface area contributed by atoms with Gasteiger partial charge in [0.15, 0.2) is 0 Å². The number of aromatic nitrogens is 2. The number of hydrogen-bond donors (Lipinski definition) is 3. The summed E-state index contributed by atoms with van der Waals surface area (Å²) in [5.74, 6) is 0.343. The van der Waals surface area contributed by atoms with E-state index >= 15 is 0 Å². The monoisotopic (exact) mass is 338 g/mol. The predicted molar refractivity (Wildman–Crippen MR) is 86.8 cm³/mol. The van der Waals surface area contributed by atoms with Crippen molar-refractivity contribution in [3.63, 3.8) is 0 Å². The Bertz CT molecular complexity index is 658. The Labute approximate surface area is 138 Å². The minimum Gasteiger partial charge on any atom is -0.396 e. The fourth-order valence-corrected chi connectivity index (χ4v) is 2.16. The molecule has 1 atom stereocenters. The number of carbonyl (C=O) groups excluding carboxylic acids is 1. The van der Waals surface area contributed by atoms with Crippen LogP contribution in [-0.2, 0) is 0 Å². The van der Waals surface area contributed by atoms with Crippen molar-refractivity contribution in [3.8, 4) is 11.4 Å². The Morgan fingerprint density at radius 3 is 2.67 bits per heavy atom. The van der Waals surface area contributed by atoms with Crippen LogP contribution in [0.15, 0.2) is 36.7 Å². The lowest BCUT2D eigenvalue weighted by atomic mass is 10.1. The van der Waals surface area contributed by atoms with Gasteiger partial charge in [0.1, 0.15) is 5.82 Å². The van der Waals surface area contributed by atoms with Gasteiger partial charge in [-0.3, -0.25) is 4.57 Å². The topological polar surface area (TPSA) is 79.2 Å². The van der Waals surface area contributed by atoms with Crippen LogP contribution >= 0.6 is 0 Å². The Morgan fingerprint density at radius 1 is 1.33 bits per heavy atom. The third-order valence-corrected chi connectivity index (χ3v) is 3.51. The molecule has 0 fully saturated rings. The van der Waals surface area contributed by atoms with E-state index in [1.807, 2.05) is 6.92 Å². The molecule has 2 amide bonds. The zero-order valence-electron chi connectivity index (χ0n) is 13.2. The summed E-state index contributed by atoms with van der Waals surface area (Å²) in [6, 6.07) is 6.12. The second kappa shape index (κ2) is 8.39. The first-order chi connectivity index (χ1) is 11.5. The SMILES string of the molecule is C[C@H](CCO)CNC(=O)Nc1ccc(-c2nccn2C(F)F)cc1. The van der Waals surface area contributed by atoms with Crippen LogP contribution < -0.4 is 10.6 Å². The quantitative estimate of drug-likeness (QED) is 0.726. The first kappa shape index (κ1) is 17.9. The molecule has 2 rings (SSSR count). The van der Waals surface area contributed by atoms with Crippen molar-refractivity contribution in [2.45, 2.75) is 19.9 Å². The van der Waals surface area contributed by atoms with E-state index in [1.54, 1.807) is 24.3 Å². The summed E-state index contributed by atoms with van der Waals surface area (Å²) in [5, 5.41) is 14.2. The fourth-order valence-electron chi connectivity index (χ4n) is 2.16. The van der Waals surface area contributed by atoms with Crippen molar-refractivity contribution in [1.82, 2.24) is 14.9 Å². The van der Waals surface area contributed by atoms with Gasteiger partial charge in [-0.05, 0) is 36.6 Å². The molecule has 8 heteroatoms. The maximum absolute atomic E-state index is 12.8. The summed E-state index contributed by atoms with van der Waals surface area (Å²) >= 11 is 0. The molecule has 1 aromatic heterocycles. The molecule has 0 saturated heterocycles. The number of urea groups is 1. The van der Waals surface area contributed by atoms with E-state index in [-0.39, 0.29) is 24.4 Å². The molecular weight excluding hydrogens is 318 g/mol. The minimum absolute atomic E-state index is 0.0836. The highest BCUT2D eigenvalue weighted by atomic mass is 19.3. The van der Waals surface area contributed by atoms with Crippen molar-refractivity contribution in [1.29, 1.82) is 0 Å². The van der Waals surface area contributed by atoms with Crippen LogP contribution in [0, 0.1) is 5.92 Å². The zero-order valence-corrected chi connectivity index (χ0v) is 13.2. The lowest BCUT2D eigenvalue weighted by Gasteiger charge is -2.12. The van der Waals surface area contributed by atoms with E-state index in [0.717, 1.165) is 4.57 Å². The summed E-state index contributed by atoms with van der Waals surface area (Å²) in [6.07, 6.45) is 3.15. The number of rotatable bonds is 7. The maximum atomic E-state index is 12.8. The Kier molecular flexibility index (Phi) is 6.25. The van der Waals surface area contributed by atoms with Gasteiger partial charge in [0, 0.05) is 36.8 Å². The van der Waals surface area contributed by atoms with Crippen LogP contribution in [0.5, 0.6) is 0 Å². The number of hydrogen-bond acceptors (Lipinski definition) is 3. The van der Waals surface area contributed by atoms with Crippen molar-refractivity contribution < 1.29 is 18.7 Å². The zero-order chi connectivity index (χ0) is 17.5. The summed E-state index contributed by atoms with van der Waals surface area (Å²) < 4.78 is 26.5. The molecule has 0 aliphatic rings. The summed E-state index contributed by atoms with van der Waals surface area (Å²) in [6.45, 7) is -0.195. The molecule has 1 aromatic carbocycles. The Balaban J connectivity index is 1.94. The molecule has 0 saturated carbocycles. The lowest BCUT2D eigenvalue weighted by Crippen LogP contribution is -2.32. The molecule has 0 aliphatic heterocycles. The standard InChI is InChI=1S/C16H20F2N4O2/c1-11(6-9-23)10-20-16(24)21-13-4-2-12(3-5-13)14-19-7-8-22(14)15(17)18/h2-5,7-8,11,15,23H,6,9-10H2,1H3,(H2,20,21,24)/t11-/m1/s1. The first-order valence-electron chi connectivity index (χ1n) is 7.58. The van der Waals surface area contributed by atoms with Crippen LogP contribution in [0.3, 0.4) is 0 Å². The minimum atomic E-state index is -2.66. The molecule has 0 bridgehead atoms. The number of imidazole rings is 1. The number of aliphatic hydroxyl groups excluding tert-OH is 1. The summed E-state index contributed by atoms with van der Waals surface area (Å²) in [5.41, 5.74) is 1.07. The number of nitrogens with zero attached hydrogens (tertiary/aromatic N) is 2. The van der Waals surface area contributed by atoms with Gasteiger partial charge in [-0.15, -0.1) is 0 Å². The number of carbonyl (C=O) groups is 1. The van der Waals surface area contributed by atoms with Crippen molar-refractivity contribution >= 4 is 11.7 Å². The number of amides is 2. The molecule has 0 unspecified atom stereocenters. The van der Waals surface area contributed by atoms with Crippen LogP contribution in [0.2, 0.25) is 0 Å². The largest absolute Gasteiger partial charge is 0.396 e. The second-order valence-corrected chi connectivity index (χ2v) is 5.47. The van der Waals surface area contributed by atoms with Crippen LogP contribution in [0.25, 0.3) is 11.4 Å². The Morgan fingerprint density at radius 2 is 2.04 bits per heavy atom. The normalized spacial score (nSPS) is 12.2. The molecule has 2 aromatic rings. The molecule has 0 radical (unpaired) electrons.